The molecule has 7 heteroatoms. The van der Waals surface area contributed by atoms with Crippen LogP contribution in [-0.4, -0.2) is 24.4 Å². The number of aliphatic hydroxyl groups excluding tert-OH is 1. The van der Waals surface area contributed by atoms with E-state index in [1.807, 2.05) is 13.0 Å². The Kier molecular flexibility index (Phi) is 7.97. The summed E-state index contributed by atoms with van der Waals surface area (Å²) < 4.78 is 24.6. The molecular formula is C19H22Cl2FNO3. The van der Waals surface area contributed by atoms with E-state index in [4.69, 9.17) is 32.7 Å². The van der Waals surface area contributed by atoms with Crippen molar-refractivity contribution < 1.29 is 19.0 Å². The number of nitrogens with one attached hydrogen (secondary N) is 1. The van der Waals surface area contributed by atoms with E-state index in [2.05, 4.69) is 5.32 Å². The molecule has 0 aromatic heterocycles. The van der Waals surface area contributed by atoms with Crippen LogP contribution in [0.1, 0.15) is 25.0 Å². The van der Waals surface area contributed by atoms with Crippen LogP contribution in [0.4, 0.5) is 4.39 Å². The van der Waals surface area contributed by atoms with Gasteiger partial charge in [-0.25, -0.2) is 4.39 Å². The molecule has 0 amide bonds. The Labute approximate surface area is 162 Å². The summed E-state index contributed by atoms with van der Waals surface area (Å²) in [4.78, 5) is 0. The fraction of sp³-hybridized carbons (Fsp3) is 0.368. The van der Waals surface area contributed by atoms with Gasteiger partial charge in [-0.15, -0.1) is 0 Å². The number of benzene rings is 2. The number of ether oxygens (including phenoxy) is 2. The molecule has 26 heavy (non-hydrogen) atoms. The van der Waals surface area contributed by atoms with Gasteiger partial charge in [-0.2, -0.15) is 0 Å². The second-order valence-electron chi connectivity index (χ2n) is 5.84. The molecule has 0 aliphatic carbocycles. The monoisotopic (exact) mass is 401 g/mol. The van der Waals surface area contributed by atoms with Crippen LogP contribution in [0.5, 0.6) is 11.5 Å². The zero-order valence-electron chi connectivity index (χ0n) is 14.7. The lowest BCUT2D eigenvalue weighted by Gasteiger charge is -2.16. The molecule has 142 valence electrons. The highest BCUT2D eigenvalue weighted by Crippen LogP contribution is 2.37. The van der Waals surface area contributed by atoms with Gasteiger partial charge in [0.25, 0.3) is 0 Å². The molecule has 0 saturated carbocycles. The SMILES string of the molecule is CCOc1cc(CNCC(C)O)cc(Cl)c1OCc1ccc(F)cc1Cl. The van der Waals surface area contributed by atoms with Gasteiger partial charge in [0, 0.05) is 18.7 Å². The maximum Gasteiger partial charge on any atom is 0.180 e. The molecule has 0 saturated heterocycles. The van der Waals surface area contributed by atoms with Crippen LogP contribution < -0.4 is 14.8 Å². The van der Waals surface area contributed by atoms with Gasteiger partial charge in [-0.05, 0) is 43.7 Å². The molecule has 0 heterocycles. The van der Waals surface area contributed by atoms with Crippen molar-refractivity contribution in [3.63, 3.8) is 0 Å². The summed E-state index contributed by atoms with van der Waals surface area (Å²) in [7, 11) is 0. The molecule has 1 unspecified atom stereocenters. The Morgan fingerprint density at radius 3 is 2.58 bits per heavy atom. The zero-order chi connectivity index (χ0) is 19.1. The molecule has 0 bridgehead atoms. The van der Waals surface area contributed by atoms with E-state index in [1.54, 1.807) is 19.1 Å². The lowest BCUT2D eigenvalue weighted by atomic mass is 10.2. The lowest BCUT2D eigenvalue weighted by molar-refractivity contribution is 0.191. The van der Waals surface area contributed by atoms with E-state index >= 15 is 0 Å². The van der Waals surface area contributed by atoms with Crippen molar-refractivity contribution >= 4 is 23.2 Å². The molecule has 2 rings (SSSR count). The molecule has 0 aliphatic heterocycles. The normalized spacial score (nSPS) is 12.1. The van der Waals surface area contributed by atoms with Gasteiger partial charge in [0.2, 0.25) is 0 Å². The van der Waals surface area contributed by atoms with Gasteiger partial charge in [0.15, 0.2) is 11.5 Å². The fourth-order valence-corrected chi connectivity index (χ4v) is 2.85. The number of hydrogen-bond donors (Lipinski definition) is 2. The first-order chi connectivity index (χ1) is 12.4. The molecule has 0 aliphatic rings. The van der Waals surface area contributed by atoms with Crippen LogP contribution in [0.2, 0.25) is 10.0 Å². The maximum atomic E-state index is 13.1. The average molecular weight is 402 g/mol. The predicted octanol–water partition coefficient (Wildman–Crippen LogP) is 4.58. The third-order valence-electron chi connectivity index (χ3n) is 3.53. The first-order valence-corrected chi connectivity index (χ1v) is 9.07. The third kappa shape index (κ3) is 6.02. The third-order valence-corrected chi connectivity index (χ3v) is 4.16. The molecule has 0 spiro atoms. The van der Waals surface area contributed by atoms with Crippen LogP contribution in [0.25, 0.3) is 0 Å². The van der Waals surface area contributed by atoms with Crippen LogP contribution in [0.15, 0.2) is 30.3 Å². The van der Waals surface area contributed by atoms with Gasteiger partial charge in [0.1, 0.15) is 12.4 Å². The van der Waals surface area contributed by atoms with Gasteiger partial charge in [-0.3, -0.25) is 0 Å². The number of halogens is 3. The predicted molar refractivity (Wildman–Crippen MR) is 102 cm³/mol. The Balaban J connectivity index is 2.15. The maximum absolute atomic E-state index is 13.1. The molecule has 0 radical (unpaired) electrons. The van der Waals surface area contributed by atoms with Crippen molar-refractivity contribution in [3.05, 3.63) is 57.3 Å². The summed E-state index contributed by atoms with van der Waals surface area (Å²) in [5, 5.41) is 13.1. The van der Waals surface area contributed by atoms with Crippen LogP contribution in [0, 0.1) is 5.82 Å². The highest BCUT2D eigenvalue weighted by molar-refractivity contribution is 6.32. The molecule has 2 aromatic rings. The second-order valence-corrected chi connectivity index (χ2v) is 6.66. The Hall–Kier alpha value is -1.53. The van der Waals surface area contributed by atoms with E-state index in [-0.39, 0.29) is 11.6 Å². The van der Waals surface area contributed by atoms with Gasteiger partial charge >= 0.3 is 0 Å². The van der Waals surface area contributed by atoms with E-state index in [0.717, 1.165) is 5.56 Å². The average Bonchev–Trinajstić information content (AvgIpc) is 2.55. The molecular weight excluding hydrogens is 380 g/mol. The molecule has 2 N–H and O–H groups in total. The second kappa shape index (κ2) is 9.97. The van der Waals surface area contributed by atoms with Crippen molar-refractivity contribution in [1.82, 2.24) is 5.32 Å². The van der Waals surface area contributed by atoms with Crippen molar-refractivity contribution in [3.8, 4) is 11.5 Å². The molecule has 1 atom stereocenters. The topological polar surface area (TPSA) is 50.7 Å². The summed E-state index contributed by atoms with van der Waals surface area (Å²) in [5.41, 5.74) is 1.56. The van der Waals surface area contributed by atoms with Crippen molar-refractivity contribution in [2.45, 2.75) is 33.1 Å². The van der Waals surface area contributed by atoms with E-state index < -0.39 is 11.9 Å². The quantitative estimate of drug-likeness (QED) is 0.645. The van der Waals surface area contributed by atoms with Crippen molar-refractivity contribution in [2.75, 3.05) is 13.2 Å². The Morgan fingerprint density at radius 2 is 1.92 bits per heavy atom. The van der Waals surface area contributed by atoms with Gasteiger partial charge in [0.05, 0.1) is 22.8 Å². The van der Waals surface area contributed by atoms with E-state index in [0.29, 0.717) is 41.8 Å². The Morgan fingerprint density at radius 1 is 1.15 bits per heavy atom. The number of hydrogen-bond acceptors (Lipinski definition) is 4. The minimum absolute atomic E-state index is 0.137. The van der Waals surface area contributed by atoms with Crippen molar-refractivity contribution in [2.24, 2.45) is 0 Å². The summed E-state index contributed by atoms with van der Waals surface area (Å²) in [6.07, 6.45) is -0.431. The van der Waals surface area contributed by atoms with Crippen molar-refractivity contribution in [1.29, 1.82) is 0 Å². The standard InChI is InChI=1S/C19H22Cl2FNO3/c1-3-25-18-7-13(10-23-9-12(2)24)6-17(21)19(18)26-11-14-4-5-15(22)8-16(14)20/h4-8,12,23-24H,3,9-11H2,1-2H3. The molecule has 0 fully saturated rings. The Bertz CT molecular complexity index is 741. The minimum atomic E-state index is -0.431. The highest BCUT2D eigenvalue weighted by Gasteiger charge is 2.14. The van der Waals surface area contributed by atoms with Crippen LogP contribution in [-0.2, 0) is 13.2 Å². The fourth-order valence-electron chi connectivity index (χ4n) is 2.34. The minimum Gasteiger partial charge on any atom is -0.490 e. The largest absolute Gasteiger partial charge is 0.490 e. The summed E-state index contributed by atoms with van der Waals surface area (Å²) in [5.74, 6) is 0.529. The summed E-state index contributed by atoms with van der Waals surface area (Å²) >= 11 is 12.4. The van der Waals surface area contributed by atoms with E-state index in [1.165, 1.54) is 12.1 Å². The molecule has 2 aromatic carbocycles. The van der Waals surface area contributed by atoms with Gasteiger partial charge < -0.3 is 19.9 Å². The highest BCUT2D eigenvalue weighted by atomic mass is 35.5. The van der Waals surface area contributed by atoms with E-state index in [9.17, 15) is 9.50 Å². The number of rotatable bonds is 9. The first kappa shape index (κ1) is 20.8. The number of aliphatic hydroxyl groups is 1. The summed E-state index contributed by atoms with van der Waals surface area (Å²) in [6, 6.07) is 7.75. The zero-order valence-corrected chi connectivity index (χ0v) is 16.2. The van der Waals surface area contributed by atoms with Crippen LogP contribution >= 0.6 is 23.2 Å². The van der Waals surface area contributed by atoms with Crippen LogP contribution in [0.3, 0.4) is 0 Å². The molecule has 4 nitrogen and oxygen atoms in total. The first-order valence-electron chi connectivity index (χ1n) is 8.31. The smallest absolute Gasteiger partial charge is 0.180 e. The van der Waals surface area contributed by atoms with Gasteiger partial charge in [-0.1, -0.05) is 29.3 Å². The summed E-state index contributed by atoms with van der Waals surface area (Å²) in [6.45, 7) is 5.18. The lowest BCUT2D eigenvalue weighted by Crippen LogP contribution is -2.23.